The van der Waals surface area contributed by atoms with E-state index < -0.39 is 11.0 Å². The van der Waals surface area contributed by atoms with Gasteiger partial charge in [0.25, 0.3) is 5.69 Å². The fraction of sp³-hybridized carbons (Fsp3) is 0.364. The lowest BCUT2D eigenvalue weighted by molar-refractivity contribution is -0.384. The quantitative estimate of drug-likeness (QED) is 0.608. The van der Waals surface area contributed by atoms with Gasteiger partial charge in [-0.3, -0.25) is 15.0 Å². The Bertz CT molecular complexity index is 460. The molecule has 0 radical (unpaired) electrons. The summed E-state index contributed by atoms with van der Waals surface area (Å²) in [6, 6.07) is 5.70. The maximum absolute atomic E-state index is 11.1. The highest BCUT2D eigenvalue weighted by molar-refractivity contribution is 5.66. The van der Waals surface area contributed by atoms with Crippen LogP contribution in [0.4, 0.5) is 10.5 Å². The summed E-state index contributed by atoms with van der Waals surface area (Å²) >= 11 is 0. The van der Waals surface area contributed by atoms with Crippen LogP contribution in [0.15, 0.2) is 24.3 Å². The maximum Gasteiger partial charge on any atom is 0.407 e. The molecular formula is C11H13N3O4. The monoisotopic (exact) mass is 251 g/mol. The number of nitro groups is 1. The van der Waals surface area contributed by atoms with E-state index in [1.165, 1.54) is 17.0 Å². The number of nitrogens with one attached hydrogen (secondary N) is 1. The molecule has 0 spiro atoms. The molecule has 1 atom stereocenters. The molecule has 0 aliphatic carbocycles. The number of rotatable bonds is 2. The van der Waals surface area contributed by atoms with Gasteiger partial charge in [0.15, 0.2) is 0 Å². The largest absolute Gasteiger partial charge is 0.465 e. The first kappa shape index (κ1) is 12.3. The number of carbonyl (C=O) groups is 1. The molecule has 1 heterocycles. The summed E-state index contributed by atoms with van der Waals surface area (Å²) in [6.45, 7) is 1.55. The zero-order chi connectivity index (χ0) is 13.1. The van der Waals surface area contributed by atoms with Crippen molar-refractivity contribution in [3.8, 4) is 0 Å². The van der Waals surface area contributed by atoms with Crippen molar-refractivity contribution in [2.45, 2.75) is 6.04 Å². The third-order valence-electron chi connectivity index (χ3n) is 2.98. The van der Waals surface area contributed by atoms with Crippen LogP contribution in [0.25, 0.3) is 0 Å². The summed E-state index contributed by atoms with van der Waals surface area (Å²) in [5.41, 5.74) is 0.764. The summed E-state index contributed by atoms with van der Waals surface area (Å²) in [4.78, 5) is 22.5. The lowest BCUT2D eigenvalue weighted by Gasteiger charge is -2.34. The van der Waals surface area contributed by atoms with Crippen LogP contribution in [0.1, 0.15) is 11.6 Å². The SMILES string of the molecule is O=C(O)N1CCNCC1c1ccc([N+](=O)[O-])cc1. The van der Waals surface area contributed by atoms with Gasteiger partial charge < -0.3 is 10.4 Å². The molecule has 18 heavy (non-hydrogen) atoms. The number of benzene rings is 1. The Morgan fingerprint density at radius 3 is 2.67 bits per heavy atom. The second-order valence-corrected chi connectivity index (χ2v) is 4.04. The lowest BCUT2D eigenvalue weighted by atomic mass is 10.0. The Morgan fingerprint density at radius 2 is 2.11 bits per heavy atom. The number of hydrogen-bond acceptors (Lipinski definition) is 4. The second kappa shape index (κ2) is 5.01. The second-order valence-electron chi connectivity index (χ2n) is 4.04. The minimum absolute atomic E-state index is 0.00407. The van der Waals surface area contributed by atoms with Gasteiger partial charge in [-0.2, -0.15) is 0 Å². The van der Waals surface area contributed by atoms with Crippen LogP contribution in [0, 0.1) is 10.1 Å². The van der Waals surface area contributed by atoms with Crippen LogP contribution >= 0.6 is 0 Å². The van der Waals surface area contributed by atoms with Crippen molar-refractivity contribution in [3.63, 3.8) is 0 Å². The van der Waals surface area contributed by atoms with E-state index in [9.17, 15) is 14.9 Å². The van der Waals surface area contributed by atoms with Gasteiger partial charge in [0.1, 0.15) is 0 Å². The Kier molecular flexibility index (Phi) is 3.42. The van der Waals surface area contributed by atoms with E-state index in [2.05, 4.69) is 5.32 Å². The predicted molar refractivity (Wildman–Crippen MR) is 63.4 cm³/mol. The Balaban J connectivity index is 2.23. The van der Waals surface area contributed by atoms with Crippen LogP contribution in [0.3, 0.4) is 0 Å². The molecule has 2 rings (SSSR count). The number of piperazine rings is 1. The molecule has 1 aromatic rings. The van der Waals surface area contributed by atoms with Crippen molar-refractivity contribution in [2.24, 2.45) is 0 Å². The summed E-state index contributed by atoms with van der Waals surface area (Å²) in [5.74, 6) is 0. The van der Waals surface area contributed by atoms with Crippen LogP contribution in [-0.4, -0.2) is 40.7 Å². The normalized spacial score (nSPS) is 19.6. The third kappa shape index (κ3) is 2.40. The standard InChI is InChI=1S/C11H13N3O4/c15-11(16)13-6-5-12-7-10(13)8-1-3-9(4-2-8)14(17)18/h1-4,10,12H,5-7H2,(H,15,16). The van der Waals surface area contributed by atoms with Crippen molar-refractivity contribution in [2.75, 3.05) is 19.6 Å². The average Bonchev–Trinajstić information content (AvgIpc) is 2.39. The molecule has 2 N–H and O–H groups in total. The Morgan fingerprint density at radius 1 is 1.44 bits per heavy atom. The van der Waals surface area contributed by atoms with Gasteiger partial charge >= 0.3 is 6.09 Å². The highest BCUT2D eigenvalue weighted by atomic mass is 16.6. The molecule has 1 unspecified atom stereocenters. The molecule has 7 heteroatoms. The molecule has 0 aromatic heterocycles. The van der Waals surface area contributed by atoms with Gasteiger partial charge in [-0.05, 0) is 5.56 Å². The van der Waals surface area contributed by atoms with E-state index in [1.807, 2.05) is 0 Å². The summed E-state index contributed by atoms with van der Waals surface area (Å²) < 4.78 is 0. The fourth-order valence-electron chi connectivity index (χ4n) is 2.05. The Hall–Kier alpha value is -2.15. The van der Waals surface area contributed by atoms with Crippen molar-refractivity contribution in [1.82, 2.24) is 10.2 Å². The number of non-ortho nitro benzene ring substituents is 1. The lowest BCUT2D eigenvalue weighted by Crippen LogP contribution is -2.48. The molecule has 1 amide bonds. The fourth-order valence-corrected chi connectivity index (χ4v) is 2.05. The minimum Gasteiger partial charge on any atom is -0.465 e. The Labute approximate surface area is 103 Å². The van der Waals surface area contributed by atoms with E-state index in [0.29, 0.717) is 19.6 Å². The first-order chi connectivity index (χ1) is 8.59. The first-order valence-electron chi connectivity index (χ1n) is 5.54. The van der Waals surface area contributed by atoms with E-state index in [-0.39, 0.29) is 11.7 Å². The third-order valence-corrected chi connectivity index (χ3v) is 2.98. The number of hydrogen-bond donors (Lipinski definition) is 2. The van der Waals surface area contributed by atoms with Crippen LogP contribution in [-0.2, 0) is 0 Å². The predicted octanol–water partition coefficient (Wildman–Crippen LogP) is 1.22. The first-order valence-corrected chi connectivity index (χ1v) is 5.54. The number of nitro benzene ring substituents is 1. The smallest absolute Gasteiger partial charge is 0.407 e. The number of carboxylic acid groups (broad SMARTS) is 1. The van der Waals surface area contributed by atoms with E-state index in [0.717, 1.165) is 5.56 Å². The molecule has 7 nitrogen and oxygen atoms in total. The molecule has 1 aliphatic heterocycles. The molecule has 0 saturated carbocycles. The van der Waals surface area contributed by atoms with Gasteiger partial charge in [0.2, 0.25) is 0 Å². The number of nitrogens with zero attached hydrogens (tertiary/aromatic N) is 2. The topological polar surface area (TPSA) is 95.7 Å². The van der Waals surface area contributed by atoms with Crippen molar-refractivity contribution >= 4 is 11.8 Å². The average molecular weight is 251 g/mol. The van der Waals surface area contributed by atoms with Crippen LogP contribution < -0.4 is 5.32 Å². The molecule has 1 aromatic carbocycles. The zero-order valence-corrected chi connectivity index (χ0v) is 9.57. The van der Waals surface area contributed by atoms with Gasteiger partial charge in [0, 0.05) is 31.8 Å². The highest BCUT2D eigenvalue weighted by Crippen LogP contribution is 2.24. The summed E-state index contributed by atoms with van der Waals surface area (Å²) in [5, 5.41) is 22.8. The summed E-state index contributed by atoms with van der Waals surface area (Å²) in [6.07, 6.45) is -0.972. The van der Waals surface area contributed by atoms with Crippen molar-refractivity contribution in [1.29, 1.82) is 0 Å². The summed E-state index contributed by atoms with van der Waals surface area (Å²) in [7, 11) is 0. The zero-order valence-electron chi connectivity index (χ0n) is 9.57. The molecule has 0 bridgehead atoms. The van der Waals surface area contributed by atoms with E-state index >= 15 is 0 Å². The van der Waals surface area contributed by atoms with Gasteiger partial charge in [-0.15, -0.1) is 0 Å². The molecule has 1 saturated heterocycles. The molecule has 1 fully saturated rings. The molecular weight excluding hydrogens is 238 g/mol. The highest BCUT2D eigenvalue weighted by Gasteiger charge is 2.27. The molecule has 1 aliphatic rings. The van der Waals surface area contributed by atoms with Gasteiger partial charge in [-0.1, -0.05) is 12.1 Å². The van der Waals surface area contributed by atoms with Gasteiger partial charge in [0.05, 0.1) is 11.0 Å². The van der Waals surface area contributed by atoms with E-state index in [4.69, 9.17) is 5.11 Å². The van der Waals surface area contributed by atoms with Gasteiger partial charge in [-0.25, -0.2) is 4.79 Å². The van der Waals surface area contributed by atoms with Crippen LogP contribution in [0.5, 0.6) is 0 Å². The minimum atomic E-state index is -0.972. The molecule has 96 valence electrons. The maximum atomic E-state index is 11.1. The van der Waals surface area contributed by atoms with Crippen molar-refractivity contribution < 1.29 is 14.8 Å². The van der Waals surface area contributed by atoms with Crippen molar-refractivity contribution in [3.05, 3.63) is 39.9 Å². The van der Waals surface area contributed by atoms with E-state index in [1.54, 1.807) is 12.1 Å². The number of amides is 1. The van der Waals surface area contributed by atoms with Crippen LogP contribution in [0.2, 0.25) is 0 Å².